The summed E-state index contributed by atoms with van der Waals surface area (Å²) in [6.07, 6.45) is 1.14. The number of hydrogen-bond acceptors (Lipinski definition) is 3. The van der Waals surface area contributed by atoms with E-state index in [0.29, 0.717) is 6.54 Å². The Labute approximate surface area is 153 Å². The van der Waals surface area contributed by atoms with Crippen LogP contribution in [0.2, 0.25) is 0 Å². The summed E-state index contributed by atoms with van der Waals surface area (Å²) in [7, 11) is 0. The second kappa shape index (κ2) is 6.86. The number of imidazole rings is 1. The Morgan fingerprint density at radius 3 is 2.76 bits per heavy atom. The number of hydrogen-bond donors (Lipinski definition) is 1. The first-order chi connectivity index (χ1) is 12.2. The van der Waals surface area contributed by atoms with Crippen LogP contribution in [0.4, 0.5) is 0 Å². The molecule has 1 heterocycles. The molecule has 25 heavy (non-hydrogen) atoms. The quantitative estimate of drug-likeness (QED) is 0.543. The monoisotopic (exact) mass is 396 g/mol. The van der Waals surface area contributed by atoms with Crippen molar-refractivity contribution in [3.05, 3.63) is 71.5 Å². The van der Waals surface area contributed by atoms with E-state index in [4.69, 9.17) is 4.74 Å². The van der Waals surface area contributed by atoms with E-state index in [2.05, 4.69) is 27.0 Å². The van der Waals surface area contributed by atoms with Crippen molar-refractivity contribution in [2.75, 3.05) is 6.61 Å². The van der Waals surface area contributed by atoms with Crippen molar-refractivity contribution >= 4 is 37.7 Å². The van der Waals surface area contributed by atoms with Crippen molar-refractivity contribution in [1.82, 2.24) is 9.55 Å². The highest BCUT2D eigenvalue weighted by Gasteiger charge is 2.09. The largest absolute Gasteiger partial charge is 0.491 e. The summed E-state index contributed by atoms with van der Waals surface area (Å²) in [6.45, 7) is 0.676. The summed E-state index contributed by atoms with van der Waals surface area (Å²) in [5.74, 6) is 0.754. The molecular formula is C20H17BrN2O2. The van der Waals surface area contributed by atoms with Gasteiger partial charge in [-0.15, -0.1) is 0 Å². The van der Waals surface area contributed by atoms with Gasteiger partial charge in [-0.05, 0) is 47.2 Å². The molecule has 0 unspecified atom stereocenters. The fourth-order valence-electron chi connectivity index (χ4n) is 2.91. The van der Waals surface area contributed by atoms with Gasteiger partial charge in [-0.3, -0.25) is 0 Å². The predicted molar refractivity (Wildman–Crippen MR) is 103 cm³/mol. The molecule has 0 fully saturated rings. The molecule has 0 bridgehead atoms. The van der Waals surface area contributed by atoms with E-state index in [-0.39, 0.29) is 6.61 Å². The molecular weight excluding hydrogens is 380 g/mol. The van der Waals surface area contributed by atoms with Crippen LogP contribution in [-0.4, -0.2) is 27.4 Å². The minimum Gasteiger partial charge on any atom is -0.491 e. The van der Waals surface area contributed by atoms with Crippen molar-refractivity contribution in [3.63, 3.8) is 0 Å². The van der Waals surface area contributed by atoms with Crippen molar-refractivity contribution < 1.29 is 9.84 Å². The second-order valence-corrected chi connectivity index (χ2v) is 6.92. The number of fused-ring (bicyclic) bond motifs is 2. The molecule has 0 spiro atoms. The molecule has 0 aliphatic carbocycles. The Balaban J connectivity index is 1.43. The lowest BCUT2D eigenvalue weighted by Crippen LogP contribution is -2.23. The zero-order chi connectivity index (χ0) is 17.2. The Kier molecular flexibility index (Phi) is 4.42. The highest BCUT2D eigenvalue weighted by atomic mass is 79.9. The molecule has 4 rings (SSSR count). The molecule has 0 saturated heterocycles. The molecule has 0 saturated carbocycles. The van der Waals surface area contributed by atoms with Crippen molar-refractivity contribution in [1.29, 1.82) is 0 Å². The Morgan fingerprint density at radius 2 is 1.84 bits per heavy atom. The fourth-order valence-corrected chi connectivity index (χ4v) is 3.29. The second-order valence-electron chi connectivity index (χ2n) is 6.00. The van der Waals surface area contributed by atoms with Crippen LogP contribution in [0.5, 0.6) is 5.75 Å². The minimum atomic E-state index is -0.613. The molecule has 126 valence electrons. The number of ether oxygens (including phenoxy) is 1. The third-order valence-corrected chi connectivity index (χ3v) is 4.64. The number of aromatic nitrogens is 2. The summed E-state index contributed by atoms with van der Waals surface area (Å²) < 4.78 is 8.77. The lowest BCUT2D eigenvalue weighted by molar-refractivity contribution is 0.0935. The molecule has 1 aromatic heterocycles. The van der Waals surface area contributed by atoms with Crippen LogP contribution >= 0.6 is 15.9 Å². The molecule has 4 aromatic rings. The van der Waals surface area contributed by atoms with E-state index in [1.165, 1.54) is 0 Å². The molecule has 1 N–H and O–H groups in total. The standard InChI is InChI=1S/C20H17BrN2O2/c21-16-7-5-15-10-18(8-6-14(15)9-16)25-12-17(24)11-23-13-22-19-3-1-2-4-20(19)23/h1-10,13,17,24H,11-12H2/t17-/m1/s1. The van der Waals surface area contributed by atoms with E-state index in [9.17, 15) is 5.11 Å². The summed E-state index contributed by atoms with van der Waals surface area (Å²) >= 11 is 3.47. The maximum Gasteiger partial charge on any atom is 0.120 e. The maximum atomic E-state index is 10.3. The van der Waals surface area contributed by atoms with E-state index in [1.807, 2.05) is 59.2 Å². The predicted octanol–water partition coefficient (Wildman–Crippen LogP) is 4.39. The number of halogens is 1. The number of rotatable bonds is 5. The molecule has 0 radical (unpaired) electrons. The topological polar surface area (TPSA) is 47.3 Å². The van der Waals surface area contributed by atoms with E-state index in [0.717, 1.165) is 32.0 Å². The summed E-state index contributed by atoms with van der Waals surface area (Å²) in [6, 6.07) is 19.9. The normalized spacial score (nSPS) is 12.6. The Hall–Kier alpha value is -2.37. The summed E-state index contributed by atoms with van der Waals surface area (Å²) in [5.41, 5.74) is 1.94. The van der Waals surface area contributed by atoms with Crippen LogP contribution in [-0.2, 0) is 6.54 Å². The number of benzene rings is 3. The first kappa shape index (κ1) is 16.1. The van der Waals surface area contributed by atoms with Crippen LogP contribution < -0.4 is 4.74 Å². The number of aliphatic hydroxyl groups excluding tert-OH is 1. The van der Waals surface area contributed by atoms with Crippen molar-refractivity contribution in [3.8, 4) is 5.75 Å². The third kappa shape index (κ3) is 3.52. The van der Waals surface area contributed by atoms with Gasteiger partial charge in [0, 0.05) is 4.47 Å². The summed E-state index contributed by atoms with van der Waals surface area (Å²) in [5, 5.41) is 12.6. The van der Waals surface area contributed by atoms with Gasteiger partial charge in [-0.1, -0.05) is 40.2 Å². The summed E-state index contributed by atoms with van der Waals surface area (Å²) in [4.78, 5) is 4.34. The van der Waals surface area contributed by atoms with Gasteiger partial charge < -0.3 is 14.4 Å². The van der Waals surface area contributed by atoms with E-state index >= 15 is 0 Å². The number of aliphatic hydroxyl groups is 1. The molecule has 0 aliphatic rings. The van der Waals surface area contributed by atoms with Gasteiger partial charge in [0.25, 0.3) is 0 Å². The van der Waals surface area contributed by atoms with E-state index < -0.39 is 6.10 Å². The molecule has 3 aromatic carbocycles. The van der Waals surface area contributed by atoms with Gasteiger partial charge in [0.15, 0.2) is 0 Å². The van der Waals surface area contributed by atoms with Crippen molar-refractivity contribution in [2.45, 2.75) is 12.6 Å². The van der Waals surface area contributed by atoms with Gasteiger partial charge in [0.05, 0.1) is 23.9 Å². The first-order valence-corrected chi connectivity index (χ1v) is 8.88. The maximum absolute atomic E-state index is 10.3. The molecule has 5 heteroatoms. The lowest BCUT2D eigenvalue weighted by atomic mass is 10.1. The van der Waals surface area contributed by atoms with Gasteiger partial charge >= 0.3 is 0 Å². The van der Waals surface area contributed by atoms with Crippen LogP contribution in [0.3, 0.4) is 0 Å². The van der Waals surface area contributed by atoms with Gasteiger partial charge in [0.1, 0.15) is 18.5 Å². The smallest absolute Gasteiger partial charge is 0.120 e. The zero-order valence-electron chi connectivity index (χ0n) is 13.5. The third-order valence-electron chi connectivity index (χ3n) is 4.15. The van der Waals surface area contributed by atoms with Gasteiger partial charge in [-0.25, -0.2) is 4.98 Å². The van der Waals surface area contributed by atoms with Crippen LogP contribution in [0.1, 0.15) is 0 Å². The van der Waals surface area contributed by atoms with E-state index in [1.54, 1.807) is 6.33 Å². The molecule has 0 amide bonds. The molecule has 4 nitrogen and oxygen atoms in total. The molecule has 0 aliphatic heterocycles. The number of para-hydroxylation sites is 2. The van der Waals surface area contributed by atoms with Crippen LogP contribution in [0.25, 0.3) is 21.8 Å². The Bertz CT molecular complexity index is 1030. The first-order valence-electron chi connectivity index (χ1n) is 8.09. The average molecular weight is 397 g/mol. The van der Waals surface area contributed by atoms with Gasteiger partial charge in [-0.2, -0.15) is 0 Å². The van der Waals surface area contributed by atoms with Crippen LogP contribution in [0, 0.1) is 0 Å². The average Bonchev–Trinajstić information content (AvgIpc) is 3.03. The highest BCUT2D eigenvalue weighted by molar-refractivity contribution is 9.10. The lowest BCUT2D eigenvalue weighted by Gasteiger charge is -2.14. The zero-order valence-corrected chi connectivity index (χ0v) is 15.1. The Morgan fingerprint density at radius 1 is 1.04 bits per heavy atom. The van der Waals surface area contributed by atoms with Crippen molar-refractivity contribution in [2.24, 2.45) is 0 Å². The minimum absolute atomic E-state index is 0.231. The van der Waals surface area contributed by atoms with Crippen LogP contribution in [0.15, 0.2) is 71.5 Å². The highest BCUT2D eigenvalue weighted by Crippen LogP contribution is 2.24. The number of nitrogens with zero attached hydrogens (tertiary/aromatic N) is 2. The molecule has 1 atom stereocenters. The van der Waals surface area contributed by atoms with Gasteiger partial charge in [0.2, 0.25) is 0 Å². The fraction of sp³-hybridized carbons (Fsp3) is 0.150. The SMILES string of the molecule is O[C@@H](COc1ccc2cc(Br)ccc2c1)Cn1cnc2ccccc21.